The van der Waals surface area contributed by atoms with Crippen LogP contribution in [0.5, 0.6) is 0 Å². The molecular formula is C12H16ClN3O3S. The summed E-state index contributed by atoms with van der Waals surface area (Å²) < 4.78 is 22.8. The molecule has 1 aromatic rings. The highest BCUT2D eigenvalue weighted by Gasteiger charge is 2.31. The molecular weight excluding hydrogens is 302 g/mol. The zero-order valence-electron chi connectivity index (χ0n) is 11.0. The van der Waals surface area contributed by atoms with Gasteiger partial charge in [0.1, 0.15) is 5.82 Å². The topological polar surface area (TPSA) is 79.4 Å². The standard InChI is InChI=1S/C12H16ClN3O3S/c1-16(10-4-5-20(18,19)8-10)7-12(17)15-11-3-2-9(13)6-14-11/h2-3,6,10H,4-5,7-8H2,1H3,(H,14,15,17)/t10-/m0/s1. The van der Waals surface area contributed by atoms with E-state index in [2.05, 4.69) is 10.3 Å². The molecule has 0 unspecified atom stereocenters. The van der Waals surface area contributed by atoms with Gasteiger partial charge in [0.05, 0.1) is 23.1 Å². The molecule has 1 atom stereocenters. The van der Waals surface area contributed by atoms with Gasteiger partial charge in [0.25, 0.3) is 0 Å². The molecule has 1 aromatic heterocycles. The van der Waals surface area contributed by atoms with Crippen LogP contribution in [0.2, 0.25) is 5.02 Å². The SMILES string of the molecule is CN(CC(=O)Nc1ccc(Cl)cn1)[C@H]1CCS(=O)(=O)C1. The number of carbonyl (C=O) groups is 1. The first-order chi connectivity index (χ1) is 9.35. The fourth-order valence-corrected chi connectivity index (χ4v) is 4.03. The number of hydrogen-bond acceptors (Lipinski definition) is 5. The number of pyridine rings is 1. The molecule has 0 aliphatic carbocycles. The Hall–Kier alpha value is -1.18. The third-order valence-corrected chi connectivity index (χ3v) is 5.19. The summed E-state index contributed by atoms with van der Waals surface area (Å²) in [6, 6.07) is 3.15. The number of sulfone groups is 1. The first-order valence-electron chi connectivity index (χ1n) is 6.18. The highest BCUT2D eigenvalue weighted by Crippen LogP contribution is 2.16. The van der Waals surface area contributed by atoms with Gasteiger partial charge in [0, 0.05) is 12.2 Å². The van der Waals surface area contributed by atoms with Gasteiger partial charge in [0.15, 0.2) is 9.84 Å². The predicted octanol–water partition coefficient (Wildman–Crippen LogP) is 0.792. The lowest BCUT2D eigenvalue weighted by atomic mass is 10.2. The van der Waals surface area contributed by atoms with Gasteiger partial charge in [-0.25, -0.2) is 13.4 Å². The van der Waals surface area contributed by atoms with E-state index in [-0.39, 0.29) is 30.0 Å². The number of amides is 1. The fraction of sp³-hybridized carbons (Fsp3) is 0.500. The second kappa shape index (κ2) is 6.07. The first kappa shape index (κ1) is 15.2. The monoisotopic (exact) mass is 317 g/mol. The molecule has 0 radical (unpaired) electrons. The molecule has 2 heterocycles. The van der Waals surface area contributed by atoms with Crippen molar-refractivity contribution in [3.05, 3.63) is 23.4 Å². The summed E-state index contributed by atoms with van der Waals surface area (Å²) >= 11 is 5.71. The van der Waals surface area contributed by atoms with E-state index in [0.717, 1.165) is 0 Å². The normalized spacial score (nSPS) is 21.1. The van der Waals surface area contributed by atoms with Crippen molar-refractivity contribution in [3.63, 3.8) is 0 Å². The van der Waals surface area contributed by atoms with E-state index in [1.807, 2.05) is 0 Å². The molecule has 8 heteroatoms. The van der Waals surface area contributed by atoms with Gasteiger partial charge < -0.3 is 5.32 Å². The number of rotatable bonds is 4. The van der Waals surface area contributed by atoms with Crippen LogP contribution in [-0.2, 0) is 14.6 Å². The Morgan fingerprint density at radius 3 is 2.85 bits per heavy atom. The Labute approximate surface area is 123 Å². The maximum Gasteiger partial charge on any atom is 0.239 e. The number of anilines is 1. The van der Waals surface area contributed by atoms with E-state index in [4.69, 9.17) is 11.6 Å². The second-order valence-electron chi connectivity index (χ2n) is 4.88. The van der Waals surface area contributed by atoms with Crippen molar-refractivity contribution >= 4 is 33.2 Å². The molecule has 20 heavy (non-hydrogen) atoms. The van der Waals surface area contributed by atoms with Crippen LogP contribution < -0.4 is 5.32 Å². The van der Waals surface area contributed by atoms with Crippen molar-refractivity contribution in [2.24, 2.45) is 0 Å². The van der Waals surface area contributed by atoms with E-state index in [1.54, 1.807) is 24.1 Å². The zero-order chi connectivity index (χ0) is 14.8. The average molecular weight is 318 g/mol. The molecule has 0 spiro atoms. The smallest absolute Gasteiger partial charge is 0.239 e. The molecule has 1 N–H and O–H groups in total. The molecule has 0 bridgehead atoms. The zero-order valence-corrected chi connectivity index (χ0v) is 12.6. The number of halogens is 1. The van der Waals surface area contributed by atoms with Crippen LogP contribution in [0.15, 0.2) is 18.3 Å². The Bertz CT molecular complexity index is 588. The van der Waals surface area contributed by atoms with Crippen molar-refractivity contribution in [1.82, 2.24) is 9.88 Å². The molecule has 1 saturated heterocycles. The fourth-order valence-electron chi connectivity index (χ4n) is 2.11. The first-order valence-corrected chi connectivity index (χ1v) is 8.38. The summed E-state index contributed by atoms with van der Waals surface area (Å²) in [5, 5.41) is 3.14. The molecule has 1 aliphatic rings. The van der Waals surface area contributed by atoms with Crippen LogP contribution in [0.25, 0.3) is 0 Å². The number of nitrogens with one attached hydrogen (secondary N) is 1. The van der Waals surface area contributed by atoms with Gasteiger partial charge in [-0.3, -0.25) is 9.69 Å². The summed E-state index contributed by atoms with van der Waals surface area (Å²) in [5.41, 5.74) is 0. The quantitative estimate of drug-likeness (QED) is 0.888. The van der Waals surface area contributed by atoms with E-state index < -0.39 is 9.84 Å². The van der Waals surface area contributed by atoms with Crippen LogP contribution in [-0.4, -0.2) is 55.3 Å². The lowest BCUT2D eigenvalue weighted by Crippen LogP contribution is -2.38. The van der Waals surface area contributed by atoms with Crippen LogP contribution in [0, 0.1) is 0 Å². The highest BCUT2D eigenvalue weighted by molar-refractivity contribution is 7.91. The minimum Gasteiger partial charge on any atom is -0.310 e. The van der Waals surface area contributed by atoms with Gasteiger partial charge in [-0.1, -0.05) is 11.6 Å². The minimum absolute atomic E-state index is 0.0936. The maximum absolute atomic E-state index is 11.9. The Kier molecular flexibility index (Phi) is 4.62. The summed E-state index contributed by atoms with van der Waals surface area (Å²) in [4.78, 5) is 17.6. The number of carbonyl (C=O) groups excluding carboxylic acids is 1. The van der Waals surface area contributed by atoms with E-state index in [1.165, 1.54) is 6.20 Å². The van der Waals surface area contributed by atoms with Crippen LogP contribution in [0.1, 0.15) is 6.42 Å². The molecule has 2 rings (SSSR count). The van der Waals surface area contributed by atoms with Crippen molar-refractivity contribution in [2.75, 3.05) is 30.4 Å². The molecule has 6 nitrogen and oxygen atoms in total. The summed E-state index contributed by atoms with van der Waals surface area (Å²) in [7, 11) is -1.19. The molecule has 0 saturated carbocycles. The average Bonchev–Trinajstić information content (AvgIpc) is 2.73. The van der Waals surface area contributed by atoms with Crippen LogP contribution in [0.4, 0.5) is 5.82 Å². The molecule has 1 aliphatic heterocycles. The van der Waals surface area contributed by atoms with Gasteiger partial charge in [0.2, 0.25) is 5.91 Å². The molecule has 1 amide bonds. The predicted molar refractivity (Wildman–Crippen MR) is 77.6 cm³/mol. The van der Waals surface area contributed by atoms with Crippen molar-refractivity contribution in [2.45, 2.75) is 12.5 Å². The lowest BCUT2D eigenvalue weighted by molar-refractivity contribution is -0.117. The Balaban J connectivity index is 1.87. The second-order valence-corrected chi connectivity index (χ2v) is 7.55. The van der Waals surface area contributed by atoms with Gasteiger partial charge in [-0.2, -0.15) is 0 Å². The number of nitrogens with zero attached hydrogens (tertiary/aromatic N) is 2. The number of hydrogen-bond donors (Lipinski definition) is 1. The van der Waals surface area contributed by atoms with Gasteiger partial charge in [-0.15, -0.1) is 0 Å². The van der Waals surface area contributed by atoms with E-state index in [9.17, 15) is 13.2 Å². The molecule has 1 fully saturated rings. The molecule has 110 valence electrons. The van der Waals surface area contributed by atoms with Crippen molar-refractivity contribution in [1.29, 1.82) is 0 Å². The van der Waals surface area contributed by atoms with E-state index in [0.29, 0.717) is 17.3 Å². The number of aromatic nitrogens is 1. The third kappa shape index (κ3) is 4.16. The highest BCUT2D eigenvalue weighted by atomic mass is 35.5. The Morgan fingerprint density at radius 1 is 1.55 bits per heavy atom. The minimum atomic E-state index is -2.94. The van der Waals surface area contributed by atoms with Crippen molar-refractivity contribution in [3.8, 4) is 0 Å². The Morgan fingerprint density at radius 2 is 2.30 bits per heavy atom. The molecule has 0 aromatic carbocycles. The maximum atomic E-state index is 11.9. The summed E-state index contributed by atoms with van der Waals surface area (Å²) in [6.07, 6.45) is 2.02. The number of likely N-dealkylation sites (N-methyl/N-ethyl adjacent to an activating group) is 1. The largest absolute Gasteiger partial charge is 0.310 e. The van der Waals surface area contributed by atoms with Gasteiger partial charge in [-0.05, 0) is 25.6 Å². The van der Waals surface area contributed by atoms with Crippen LogP contribution >= 0.6 is 11.6 Å². The van der Waals surface area contributed by atoms with Gasteiger partial charge >= 0.3 is 0 Å². The van der Waals surface area contributed by atoms with Crippen LogP contribution in [0.3, 0.4) is 0 Å². The summed E-state index contributed by atoms with van der Waals surface area (Å²) in [5.74, 6) is 0.511. The third-order valence-electron chi connectivity index (χ3n) is 3.22. The van der Waals surface area contributed by atoms with E-state index >= 15 is 0 Å². The van der Waals surface area contributed by atoms with Crippen molar-refractivity contribution < 1.29 is 13.2 Å². The lowest BCUT2D eigenvalue weighted by Gasteiger charge is -2.22. The summed E-state index contributed by atoms with van der Waals surface area (Å²) in [6.45, 7) is 0.129.